The molecule has 1 nitrogen and oxygen atoms in total. The molecule has 0 atom stereocenters. The maximum Gasteiger partial charge on any atom is 0.0437 e. The van der Waals surface area contributed by atoms with E-state index in [1.54, 1.807) is 0 Å². The molecule has 0 bridgehead atoms. The molecule has 2 rings (SSSR count). The van der Waals surface area contributed by atoms with E-state index in [4.69, 9.17) is 4.74 Å². The van der Waals surface area contributed by atoms with E-state index < -0.39 is 0 Å². The summed E-state index contributed by atoms with van der Waals surface area (Å²) in [6, 6.07) is 19.0. The van der Waals surface area contributed by atoms with Gasteiger partial charge in [0.05, 0.1) is 0 Å². The van der Waals surface area contributed by atoms with E-state index in [0.717, 1.165) is 13.2 Å². The Morgan fingerprint density at radius 2 is 1.22 bits per heavy atom. The van der Waals surface area contributed by atoms with Gasteiger partial charge in [-0.2, -0.15) is 0 Å². The van der Waals surface area contributed by atoms with E-state index in [0.29, 0.717) is 0 Å². The van der Waals surface area contributed by atoms with Crippen LogP contribution in [-0.2, 0) is 4.74 Å². The maximum absolute atomic E-state index is 4.83. The Bertz CT molecular complexity index is 415. The molecule has 2 aromatic carbocycles. The highest BCUT2D eigenvalue weighted by Crippen LogP contribution is 2.18. The van der Waals surface area contributed by atoms with Crippen LogP contribution in [0.3, 0.4) is 0 Å². The monoisotopic (exact) mass is 242 g/mol. The lowest BCUT2D eigenvalue weighted by Gasteiger charge is -2.00. The summed E-state index contributed by atoms with van der Waals surface area (Å²) in [6.45, 7) is 7.77. The summed E-state index contributed by atoms with van der Waals surface area (Å²) >= 11 is 0. The molecule has 2 aromatic rings. The van der Waals surface area contributed by atoms with Gasteiger partial charge in [-0.15, -0.1) is 0 Å². The van der Waals surface area contributed by atoms with Crippen LogP contribution in [0.4, 0.5) is 0 Å². The summed E-state index contributed by atoms with van der Waals surface area (Å²) in [6.07, 6.45) is 0. The number of ether oxygens (including phenoxy) is 1. The third-order valence-electron chi connectivity index (χ3n) is 2.57. The molecular weight excluding hydrogens is 220 g/mol. The Balaban J connectivity index is 0.000000280. The number of hydrogen-bond donors (Lipinski definition) is 0. The number of benzene rings is 2. The van der Waals surface area contributed by atoms with Crippen molar-refractivity contribution < 1.29 is 4.74 Å². The fraction of sp³-hybridized carbons (Fsp3) is 0.294. The predicted octanol–water partition coefficient (Wildman–Crippen LogP) is 4.70. The van der Waals surface area contributed by atoms with Gasteiger partial charge in [-0.3, -0.25) is 0 Å². The smallest absolute Gasteiger partial charge is 0.0437 e. The fourth-order valence-corrected chi connectivity index (χ4v) is 1.58. The SMILES string of the molecule is CCOCC.Cc1ccc(-c2ccccc2)cc1. The Morgan fingerprint density at radius 3 is 1.67 bits per heavy atom. The van der Waals surface area contributed by atoms with Crippen LogP contribution in [0.1, 0.15) is 19.4 Å². The maximum atomic E-state index is 4.83. The fourth-order valence-electron chi connectivity index (χ4n) is 1.58. The molecule has 0 radical (unpaired) electrons. The van der Waals surface area contributed by atoms with Crippen molar-refractivity contribution in [1.29, 1.82) is 0 Å². The summed E-state index contributed by atoms with van der Waals surface area (Å²) in [7, 11) is 0. The molecule has 96 valence electrons. The standard InChI is InChI=1S/C13H12.C4H10O/c1-11-7-9-13(10-8-11)12-5-3-2-4-6-12;1-3-5-4-2/h2-10H,1H3;3-4H2,1-2H3. The molecule has 0 saturated carbocycles. The van der Waals surface area contributed by atoms with Crippen LogP contribution in [0.15, 0.2) is 54.6 Å². The number of rotatable bonds is 3. The van der Waals surface area contributed by atoms with Crippen LogP contribution in [0, 0.1) is 6.92 Å². The molecule has 0 unspecified atom stereocenters. The Labute approximate surface area is 110 Å². The van der Waals surface area contributed by atoms with Crippen molar-refractivity contribution in [3.8, 4) is 11.1 Å². The van der Waals surface area contributed by atoms with Crippen molar-refractivity contribution in [3.63, 3.8) is 0 Å². The highest BCUT2D eigenvalue weighted by Gasteiger charge is 1.93. The molecule has 0 aliphatic rings. The molecule has 0 saturated heterocycles. The van der Waals surface area contributed by atoms with Gasteiger partial charge in [0.2, 0.25) is 0 Å². The van der Waals surface area contributed by atoms with Crippen LogP contribution in [0.2, 0.25) is 0 Å². The first kappa shape index (κ1) is 14.5. The molecule has 0 aliphatic carbocycles. The van der Waals surface area contributed by atoms with Crippen LogP contribution in [0.25, 0.3) is 11.1 Å². The average Bonchev–Trinajstić information content (AvgIpc) is 2.42. The molecule has 0 heterocycles. The van der Waals surface area contributed by atoms with Crippen LogP contribution >= 0.6 is 0 Å². The average molecular weight is 242 g/mol. The van der Waals surface area contributed by atoms with Gasteiger partial charge in [-0.25, -0.2) is 0 Å². The quantitative estimate of drug-likeness (QED) is 0.757. The summed E-state index contributed by atoms with van der Waals surface area (Å²) < 4.78 is 4.83. The third-order valence-corrected chi connectivity index (χ3v) is 2.57. The van der Waals surface area contributed by atoms with Gasteiger partial charge >= 0.3 is 0 Å². The lowest BCUT2D eigenvalue weighted by atomic mass is 10.0. The molecule has 0 fully saturated rings. The van der Waals surface area contributed by atoms with Crippen LogP contribution in [0.5, 0.6) is 0 Å². The summed E-state index contributed by atoms with van der Waals surface area (Å²) in [5.41, 5.74) is 3.87. The van der Waals surface area contributed by atoms with Crippen molar-refractivity contribution >= 4 is 0 Å². The summed E-state index contributed by atoms with van der Waals surface area (Å²) in [4.78, 5) is 0. The topological polar surface area (TPSA) is 9.23 Å². The highest BCUT2D eigenvalue weighted by molar-refractivity contribution is 5.63. The second-order valence-corrected chi connectivity index (χ2v) is 4.01. The first-order valence-electron chi connectivity index (χ1n) is 6.47. The predicted molar refractivity (Wildman–Crippen MR) is 78.8 cm³/mol. The Morgan fingerprint density at radius 1 is 0.722 bits per heavy atom. The van der Waals surface area contributed by atoms with Gasteiger partial charge < -0.3 is 4.74 Å². The third kappa shape index (κ3) is 5.15. The van der Waals surface area contributed by atoms with E-state index >= 15 is 0 Å². The summed E-state index contributed by atoms with van der Waals surface area (Å²) in [5.74, 6) is 0. The first-order chi connectivity index (χ1) is 8.77. The van der Waals surface area contributed by atoms with Crippen LogP contribution in [-0.4, -0.2) is 13.2 Å². The minimum absolute atomic E-state index is 0.844. The molecule has 0 amide bonds. The molecular formula is C17H22O. The molecule has 0 aliphatic heterocycles. The minimum atomic E-state index is 0.844. The molecule has 0 aromatic heterocycles. The van der Waals surface area contributed by atoms with E-state index in [1.807, 2.05) is 19.9 Å². The van der Waals surface area contributed by atoms with E-state index in [2.05, 4.69) is 55.5 Å². The lowest BCUT2D eigenvalue weighted by Crippen LogP contribution is -1.84. The van der Waals surface area contributed by atoms with Gasteiger partial charge in [0.25, 0.3) is 0 Å². The minimum Gasteiger partial charge on any atom is -0.382 e. The molecule has 1 heteroatoms. The highest BCUT2D eigenvalue weighted by atomic mass is 16.5. The van der Waals surface area contributed by atoms with Gasteiger partial charge in [-0.1, -0.05) is 60.2 Å². The van der Waals surface area contributed by atoms with Gasteiger partial charge in [0.15, 0.2) is 0 Å². The molecule has 18 heavy (non-hydrogen) atoms. The van der Waals surface area contributed by atoms with Gasteiger partial charge in [-0.05, 0) is 31.9 Å². The zero-order valence-corrected chi connectivity index (χ0v) is 11.5. The molecule has 0 N–H and O–H groups in total. The largest absolute Gasteiger partial charge is 0.382 e. The second-order valence-electron chi connectivity index (χ2n) is 4.01. The first-order valence-corrected chi connectivity index (χ1v) is 6.47. The van der Waals surface area contributed by atoms with E-state index in [-0.39, 0.29) is 0 Å². The van der Waals surface area contributed by atoms with Crippen molar-refractivity contribution in [1.82, 2.24) is 0 Å². The van der Waals surface area contributed by atoms with Crippen molar-refractivity contribution in [3.05, 3.63) is 60.2 Å². The lowest BCUT2D eigenvalue weighted by molar-refractivity contribution is 0.162. The van der Waals surface area contributed by atoms with Gasteiger partial charge in [0.1, 0.15) is 0 Å². The van der Waals surface area contributed by atoms with Crippen LogP contribution < -0.4 is 0 Å². The molecule has 0 spiro atoms. The summed E-state index contributed by atoms with van der Waals surface area (Å²) in [5, 5.41) is 0. The van der Waals surface area contributed by atoms with Crippen molar-refractivity contribution in [2.24, 2.45) is 0 Å². The van der Waals surface area contributed by atoms with E-state index in [9.17, 15) is 0 Å². The zero-order chi connectivity index (χ0) is 13.2. The zero-order valence-electron chi connectivity index (χ0n) is 11.5. The number of hydrogen-bond acceptors (Lipinski definition) is 1. The van der Waals surface area contributed by atoms with E-state index in [1.165, 1.54) is 16.7 Å². The van der Waals surface area contributed by atoms with Crippen molar-refractivity contribution in [2.45, 2.75) is 20.8 Å². The number of aryl methyl sites for hydroxylation is 1. The second kappa shape index (κ2) is 8.48. The normalized spacial score (nSPS) is 9.50. The van der Waals surface area contributed by atoms with Gasteiger partial charge in [0, 0.05) is 13.2 Å². The van der Waals surface area contributed by atoms with Crippen molar-refractivity contribution in [2.75, 3.05) is 13.2 Å². The Hall–Kier alpha value is -1.60. The Kier molecular flexibility index (Phi) is 6.82.